The fourth-order valence-electron chi connectivity index (χ4n) is 2.70. The minimum atomic E-state index is -3.66. The first-order valence-electron chi connectivity index (χ1n) is 8.09. The van der Waals surface area contributed by atoms with Gasteiger partial charge in [0.05, 0.1) is 24.0 Å². The Morgan fingerprint density at radius 1 is 1.46 bits per heavy atom. The third-order valence-electron chi connectivity index (χ3n) is 4.05. The standard InChI is InChI=1S/C17H20FN3O4S/c1-4-5-6-19-13-7-11-14(20-24-15(11)8-12(13)18)10-26(22,23)16-9-17(2,3)25-21-16/h7-8,14,19-20H,6,9-10H2,1-3H3. The maximum absolute atomic E-state index is 14.1. The SMILES string of the molecule is CC#CCNc1cc2c(cc1F)ONC2CS(=O)(=O)C1=NOC(C)(C)C1. The van der Waals surface area contributed by atoms with Crippen LogP contribution in [-0.4, -0.2) is 31.4 Å². The predicted octanol–water partition coefficient (Wildman–Crippen LogP) is 2.13. The van der Waals surface area contributed by atoms with E-state index in [1.54, 1.807) is 26.8 Å². The van der Waals surface area contributed by atoms with E-state index in [1.807, 2.05) is 0 Å². The van der Waals surface area contributed by atoms with Gasteiger partial charge in [0.15, 0.2) is 20.6 Å². The summed E-state index contributed by atoms with van der Waals surface area (Å²) in [6.07, 6.45) is 0.210. The molecule has 3 rings (SSSR count). The van der Waals surface area contributed by atoms with Crippen molar-refractivity contribution in [1.29, 1.82) is 0 Å². The monoisotopic (exact) mass is 381 g/mol. The van der Waals surface area contributed by atoms with Gasteiger partial charge in [0, 0.05) is 18.1 Å². The molecule has 1 aromatic carbocycles. The molecule has 0 spiro atoms. The Labute approximate surface area is 151 Å². The fraction of sp³-hybridized carbons (Fsp3) is 0.471. The van der Waals surface area contributed by atoms with Crippen molar-refractivity contribution >= 4 is 20.6 Å². The summed E-state index contributed by atoms with van der Waals surface area (Å²) < 4.78 is 39.4. The molecule has 9 heteroatoms. The average molecular weight is 381 g/mol. The van der Waals surface area contributed by atoms with Crippen molar-refractivity contribution in [3.8, 4) is 17.6 Å². The van der Waals surface area contributed by atoms with Gasteiger partial charge in [-0.3, -0.25) is 0 Å². The van der Waals surface area contributed by atoms with Gasteiger partial charge >= 0.3 is 0 Å². The van der Waals surface area contributed by atoms with Crippen molar-refractivity contribution in [3.05, 3.63) is 23.5 Å². The van der Waals surface area contributed by atoms with Gasteiger partial charge < -0.3 is 15.0 Å². The topological polar surface area (TPSA) is 89.0 Å². The van der Waals surface area contributed by atoms with Gasteiger partial charge in [-0.05, 0) is 26.8 Å². The van der Waals surface area contributed by atoms with Gasteiger partial charge in [-0.2, -0.15) is 0 Å². The number of hydrogen-bond acceptors (Lipinski definition) is 7. The van der Waals surface area contributed by atoms with Crippen LogP contribution in [0.25, 0.3) is 0 Å². The number of benzene rings is 1. The van der Waals surface area contributed by atoms with Gasteiger partial charge in [-0.1, -0.05) is 11.1 Å². The molecule has 0 bridgehead atoms. The molecule has 2 N–H and O–H groups in total. The normalized spacial score (nSPS) is 20.3. The first kappa shape index (κ1) is 18.5. The molecule has 7 nitrogen and oxygen atoms in total. The van der Waals surface area contributed by atoms with Crippen molar-refractivity contribution in [1.82, 2.24) is 5.48 Å². The summed E-state index contributed by atoms with van der Waals surface area (Å²) in [5.74, 6) is 5.00. The van der Waals surface area contributed by atoms with Crippen LogP contribution in [0.2, 0.25) is 0 Å². The van der Waals surface area contributed by atoms with Crippen molar-refractivity contribution in [2.75, 3.05) is 17.6 Å². The number of sulfone groups is 1. The van der Waals surface area contributed by atoms with Gasteiger partial charge in [-0.15, -0.1) is 11.4 Å². The average Bonchev–Trinajstić information content (AvgIpc) is 3.11. The Morgan fingerprint density at radius 3 is 2.88 bits per heavy atom. The van der Waals surface area contributed by atoms with E-state index in [0.717, 1.165) is 0 Å². The number of rotatable bonds is 4. The number of hydrogen-bond donors (Lipinski definition) is 2. The summed E-state index contributed by atoms with van der Waals surface area (Å²) >= 11 is 0. The molecule has 0 saturated heterocycles. The van der Waals surface area contributed by atoms with E-state index in [4.69, 9.17) is 9.68 Å². The van der Waals surface area contributed by atoms with Gasteiger partial charge in [0.25, 0.3) is 0 Å². The van der Waals surface area contributed by atoms with E-state index in [2.05, 4.69) is 27.8 Å². The number of nitrogens with one attached hydrogen (secondary N) is 2. The van der Waals surface area contributed by atoms with Crippen LogP contribution in [0.15, 0.2) is 17.3 Å². The van der Waals surface area contributed by atoms with E-state index in [9.17, 15) is 12.8 Å². The van der Waals surface area contributed by atoms with Crippen LogP contribution in [0.1, 0.15) is 38.8 Å². The molecular weight excluding hydrogens is 361 g/mol. The lowest BCUT2D eigenvalue weighted by atomic mass is 10.1. The predicted molar refractivity (Wildman–Crippen MR) is 95.8 cm³/mol. The summed E-state index contributed by atoms with van der Waals surface area (Å²) in [5.41, 5.74) is 2.80. The van der Waals surface area contributed by atoms with Gasteiger partial charge in [0.1, 0.15) is 11.4 Å². The van der Waals surface area contributed by atoms with Crippen LogP contribution in [-0.2, 0) is 14.7 Å². The highest BCUT2D eigenvalue weighted by molar-refractivity contribution is 8.06. The molecule has 0 aromatic heterocycles. The molecule has 1 atom stereocenters. The first-order chi connectivity index (χ1) is 12.2. The quantitative estimate of drug-likeness (QED) is 0.777. The highest BCUT2D eigenvalue weighted by Gasteiger charge is 2.39. The molecular formula is C17H20FN3O4S. The summed E-state index contributed by atoms with van der Waals surface area (Å²) in [4.78, 5) is 10.4. The van der Waals surface area contributed by atoms with E-state index in [0.29, 0.717) is 5.56 Å². The Bertz CT molecular complexity index is 916. The molecule has 0 fully saturated rings. The Balaban J connectivity index is 1.80. The molecule has 2 aliphatic rings. The third-order valence-corrected chi connectivity index (χ3v) is 5.76. The highest BCUT2D eigenvalue weighted by Crippen LogP contribution is 2.36. The van der Waals surface area contributed by atoms with Crippen LogP contribution in [0.5, 0.6) is 5.75 Å². The molecule has 26 heavy (non-hydrogen) atoms. The fourth-order valence-corrected chi connectivity index (χ4v) is 4.30. The number of nitrogens with zero attached hydrogens (tertiary/aromatic N) is 1. The summed E-state index contributed by atoms with van der Waals surface area (Å²) in [6, 6.07) is 2.12. The maximum atomic E-state index is 14.1. The molecule has 0 amide bonds. The minimum absolute atomic E-state index is 0.0106. The highest BCUT2D eigenvalue weighted by atomic mass is 32.2. The second kappa shape index (κ2) is 6.78. The smallest absolute Gasteiger partial charge is 0.197 e. The number of oxime groups is 1. The molecule has 2 aliphatic heterocycles. The number of fused-ring (bicyclic) bond motifs is 1. The Hall–Kier alpha value is -2.31. The second-order valence-electron chi connectivity index (χ2n) is 6.72. The van der Waals surface area contributed by atoms with Crippen molar-refractivity contribution in [3.63, 3.8) is 0 Å². The minimum Gasteiger partial charge on any atom is -0.408 e. The van der Waals surface area contributed by atoms with Crippen LogP contribution in [0, 0.1) is 17.7 Å². The molecule has 0 aliphatic carbocycles. The maximum Gasteiger partial charge on any atom is 0.197 e. The molecule has 1 unspecified atom stereocenters. The lowest BCUT2D eigenvalue weighted by molar-refractivity contribution is 0.0123. The van der Waals surface area contributed by atoms with Crippen molar-refractivity contribution in [2.45, 2.75) is 38.8 Å². The van der Waals surface area contributed by atoms with Crippen LogP contribution >= 0.6 is 0 Å². The number of halogens is 1. The molecule has 0 saturated carbocycles. The molecule has 0 radical (unpaired) electrons. The van der Waals surface area contributed by atoms with Crippen molar-refractivity contribution in [2.24, 2.45) is 5.16 Å². The van der Waals surface area contributed by atoms with E-state index < -0.39 is 27.3 Å². The lowest BCUT2D eigenvalue weighted by Crippen LogP contribution is -2.30. The summed E-state index contributed by atoms with van der Waals surface area (Å²) in [7, 11) is -3.66. The van der Waals surface area contributed by atoms with Gasteiger partial charge in [0.2, 0.25) is 0 Å². The van der Waals surface area contributed by atoms with Crippen LogP contribution in [0.3, 0.4) is 0 Å². The third kappa shape index (κ3) is 3.76. The van der Waals surface area contributed by atoms with Gasteiger partial charge in [-0.25, -0.2) is 12.8 Å². The Kier molecular flexibility index (Phi) is 4.82. The number of anilines is 1. The zero-order chi connectivity index (χ0) is 18.9. The first-order valence-corrected chi connectivity index (χ1v) is 9.74. The zero-order valence-corrected chi connectivity index (χ0v) is 15.5. The largest absolute Gasteiger partial charge is 0.408 e. The van der Waals surface area contributed by atoms with Crippen molar-refractivity contribution < 1.29 is 22.5 Å². The van der Waals surface area contributed by atoms with Crippen LogP contribution in [0.4, 0.5) is 10.1 Å². The molecule has 140 valence electrons. The molecule has 1 aromatic rings. The van der Waals surface area contributed by atoms with E-state index in [-0.39, 0.29) is 35.2 Å². The lowest BCUT2D eigenvalue weighted by Gasteiger charge is -2.14. The summed E-state index contributed by atoms with van der Waals surface area (Å²) in [5, 5.41) is 6.59. The number of hydroxylamine groups is 1. The van der Waals surface area contributed by atoms with Crippen LogP contribution < -0.4 is 15.6 Å². The summed E-state index contributed by atoms with van der Waals surface area (Å²) in [6.45, 7) is 5.51. The molecule has 2 heterocycles. The Morgan fingerprint density at radius 2 is 2.23 bits per heavy atom. The van der Waals surface area contributed by atoms with E-state index >= 15 is 0 Å². The second-order valence-corrected chi connectivity index (χ2v) is 8.75. The zero-order valence-electron chi connectivity index (χ0n) is 14.7. The van der Waals surface area contributed by atoms with E-state index in [1.165, 1.54) is 6.07 Å².